The molecule has 0 spiro atoms. The maximum atomic E-state index is 9.17. The van der Waals surface area contributed by atoms with Gasteiger partial charge in [-0.3, -0.25) is 0 Å². The SMILES string of the molecule is CSC(CO)C(C)NCc1ccc(CO)cc1. The highest BCUT2D eigenvalue weighted by Crippen LogP contribution is 2.11. The highest BCUT2D eigenvalue weighted by atomic mass is 32.2. The van der Waals surface area contributed by atoms with E-state index in [1.54, 1.807) is 11.8 Å². The van der Waals surface area contributed by atoms with E-state index in [1.807, 2.05) is 30.5 Å². The molecule has 0 fully saturated rings. The van der Waals surface area contributed by atoms with Crippen LogP contribution in [0.1, 0.15) is 18.1 Å². The van der Waals surface area contributed by atoms with Crippen LogP contribution in [0.25, 0.3) is 0 Å². The molecule has 3 nitrogen and oxygen atoms in total. The van der Waals surface area contributed by atoms with Crippen molar-refractivity contribution in [3.05, 3.63) is 35.4 Å². The van der Waals surface area contributed by atoms with Gasteiger partial charge in [-0.2, -0.15) is 11.8 Å². The van der Waals surface area contributed by atoms with Crippen molar-refractivity contribution in [2.24, 2.45) is 0 Å². The standard InChI is InChI=1S/C13H21NO2S/c1-10(13(9-16)17-2)14-7-11-3-5-12(8-15)6-4-11/h3-6,10,13-16H,7-9H2,1-2H3. The Hall–Kier alpha value is -0.550. The normalized spacial score (nSPS) is 14.6. The van der Waals surface area contributed by atoms with E-state index < -0.39 is 0 Å². The Kier molecular flexibility index (Phi) is 6.58. The van der Waals surface area contributed by atoms with Crippen molar-refractivity contribution in [3.8, 4) is 0 Å². The molecule has 0 aliphatic carbocycles. The fraction of sp³-hybridized carbons (Fsp3) is 0.538. The van der Waals surface area contributed by atoms with Gasteiger partial charge < -0.3 is 15.5 Å². The minimum Gasteiger partial charge on any atom is -0.395 e. The first-order valence-electron chi connectivity index (χ1n) is 5.77. The maximum absolute atomic E-state index is 9.17. The molecule has 0 radical (unpaired) electrons. The number of rotatable bonds is 7. The zero-order valence-electron chi connectivity index (χ0n) is 10.4. The highest BCUT2D eigenvalue weighted by molar-refractivity contribution is 7.99. The second kappa shape index (κ2) is 7.71. The van der Waals surface area contributed by atoms with E-state index in [0.29, 0.717) is 0 Å². The van der Waals surface area contributed by atoms with Crippen LogP contribution in [-0.4, -0.2) is 34.4 Å². The average Bonchev–Trinajstić information content (AvgIpc) is 2.38. The van der Waals surface area contributed by atoms with Crippen LogP contribution in [-0.2, 0) is 13.2 Å². The van der Waals surface area contributed by atoms with Gasteiger partial charge in [0.25, 0.3) is 0 Å². The van der Waals surface area contributed by atoms with Crippen LogP contribution < -0.4 is 5.32 Å². The molecule has 0 bridgehead atoms. The molecule has 3 N–H and O–H groups in total. The van der Waals surface area contributed by atoms with Crippen LogP contribution in [0.4, 0.5) is 0 Å². The molecule has 0 aliphatic heterocycles. The number of benzene rings is 1. The topological polar surface area (TPSA) is 52.5 Å². The molecule has 0 aliphatic rings. The Bertz CT molecular complexity index is 312. The third kappa shape index (κ3) is 4.68. The van der Waals surface area contributed by atoms with Crippen molar-refractivity contribution >= 4 is 11.8 Å². The zero-order chi connectivity index (χ0) is 12.7. The summed E-state index contributed by atoms with van der Waals surface area (Å²) in [6.45, 7) is 3.14. The Balaban J connectivity index is 2.43. The van der Waals surface area contributed by atoms with Crippen molar-refractivity contribution in [1.29, 1.82) is 0 Å². The second-order valence-electron chi connectivity index (χ2n) is 4.10. The molecule has 0 aromatic heterocycles. The summed E-state index contributed by atoms with van der Waals surface area (Å²) in [6.07, 6.45) is 2.01. The van der Waals surface area contributed by atoms with Gasteiger partial charge in [0, 0.05) is 17.8 Å². The summed E-state index contributed by atoms with van der Waals surface area (Å²) in [5.74, 6) is 0. The lowest BCUT2D eigenvalue weighted by atomic mass is 10.1. The van der Waals surface area contributed by atoms with Crippen LogP contribution in [0.3, 0.4) is 0 Å². The first-order valence-corrected chi connectivity index (χ1v) is 7.05. The van der Waals surface area contributed by atoms with Crippen LogP contribution in [0.5, 0.6) is 0 Å². The molecule has 17 heavy (non-hydrogen) atoms. The second-order valence-corrected chi connectivity index (χ2v) is 5.18. The van der Waals surface area contributed by atoms with E-state index in [-0.39, 0.29) is 24.5 Å². The van der Waals surface area contributed by atoms with E-state index in [2.05, 4.69) is 12.2 Å². The summed E-state index contributed by atoms with van der Waals surface area (Å²) >= 11 is 1.67. The summed E-state index contributed by atoms with van der Waals surface area (Å²) < 4.78 is 0. The lowest BCUT2D eigenvalue weighted by molar-refractivity contribution is 0.275. The van der Waals surface area contributed by atoms with Gasteiger partial charge in [0.1, 0.15) is 0 Å². The lowest BCUT2D eigenvalue weighted by Crippen LogP contribution is -2.37. The predicted molar refractivity (Wildman–Crippen MR) is 73.1 cm³/mol. The Morgan fingerprint density at radius 1 is 1.18 bits per heavy atom. The van der Waals surface area contributed by atoms with E-state index in [4.69, 9.17) is 5.11 Å². The predicted octanol–water partition coefficient (Wildman–Crippen LogP) is 1.38. The van der Waals surface area contributed by atoms with Gasteiger partial charge in [-0.25, -0.2) is 0 Å². The monoisotopic (exact) mass is 255 g/mol. The largest absolute Gasteiger partial charge is 0.395 e. The molecular formula is C13H21NO2S. The first kappa shape index (κ1) is 14.5. The van der Waals surface area contributed by atoms with Crippen molar-refractivity contribution < 1.29 is 10.2 Å². The summed E-state index contributed by atoms with van der Waals surface area (Å²) in [4.78, 5) is 0. The van der Waals surface area contributed by atoms with Gasteiger partial charge in [-0.05, 0) is 24.3 Å². The molecule has 1 aromatic carbocycles. The van der Waals surface area contributed by atoms with Crippen LogP contribution >= 0.6 is 11.8 Å². The van der Waals surface area contributed by atoms with Crippen molar-refractivity contribution in [1.82, 2.24) is 5.32 Å². The quantitative estimate of drug-likeness (QED) is 0.689. The minimum absolute atomic E-state index is 0.0865. The van der Waals surface area contributed by atoms with Crippen molar-refractivity contribution in [3.63, 3.8) is 0 Å². The van der Waals surface area contributed by atoms with Crippen LogP contribution in [0.15, 0.2) is 24.3 Å². The van der Waals surface area contributed by atoms with E-state index in [1.165, 1.54) is 5.56 Å². The molecule has 4 heteroatoms. The summed E-state index contributed by atoms with van der Waals surface area (Å²) in [7, 11) is 0. The highest BCUT2D eigenvalue weighted by Gasteiger charge is 2.13. The third-order valence-electron chi connectivity index (χ3n) is 2.87. The minimum atomic E-state index is 0.0865. The lowest BCUT2D eigenvalue weighted by Gasteiger charge is -2.21. The van der Waals surface area contributed by atoms with E-state index in [0.717, 1.165) is 12.1 Å². The van der Waals surface area contributed by atoms with Gasteiger partial charge in [0.2, 0.25) is 0 Å². The molecular weight excluding hydrogens is 234 g/mol. The summed E-state index contributed by atoms with van der Waals surface area (Å²) in [5.41, 5.74) is 2.12. The van der Waals surface area contributed by atoms with Crippen molar-refractivity contribution in [2.45, 2.75) is 31.4 Å². The molecule has 0 heterocycles. The molecule has 96 valence electrons. The van der Waals surface area contributed by atoms with Crippen molar-refractivity contribution in [2.75, 3.05) is 12.9 Å². The zero-order valence-corrected chi connectivity index (χ0v) is 11.2. The summed E-state index contributed by atoms with van der Waals surface area (Å²) in [5, 5.41) is 21.7. The third-order valence-corrected chi connectivity index (χ3v) is 4.04. The maximum Gasteiger partial charge on any atom is 0.0681 e. The molecule has 1 rings (SSSR count). The first-order chi connectivity index (χ1) is 8.21. The Labute approximate surface area is 107 Å². The number of hydrogen-bond acceptors (Lipinski definition) is 4. The fourth-order valence-corrected chi connectivity index (χ4v) is 2.26. The van der Waals surface area contributed by atoms with Crippen LogP contribution in [0.2, 0.25) is 0 Å². The molecule has 2 unspecified atom stereocenters. The number of aliphatic hydroxyl groups is 2. The Morgan fingerprint density at radius 2 is 1.76 bits per heavy atom. The fourth-order valence-electron chi connectivity index (χ4n) is 1.61. The molecule has 0 saturated heterocycles. The average molecular weight is 255 g/mol. The smallest absolute Gasteiger partial charge is 0.0681 e. The Morgan fingerprint density at radius 3 is 2.24 bits per heavy atom. The van der Waals surface area contributed by atoms with Crippen LogP contribution in [0, 0.1) is 0 Å². The van der Waals surface area contributed by atoms with Gasteiger partial charge in [0.05, 0.1) is 13.2 Å². The summed E-state index contributed by atoms with van der Waals surface area (Å²) in [6, 6.07) is 8.16. The number of thioether (sulfide) groups is 1. The van der Waals surface area contributed by atoms with Gasteiger partial charge >= 0.3 is 0 Å². The van der Waals surface area contributed by atoms with Gasteiger partial charge in [-0.15, -0.1) is 0 Å². The number of hydrogen-bond donors (Lipinski definition) is 3. The molecule has 0 amide bonds. The van der Waals surface area contributed by atoms with E-state index >= 15 is 0 Å². The molecule has 2 atom stereocenters. The molecule has 1 aromatic rings. The molecule has 0 saturated carbocycles. The van der Waals surface area contributed by atoms with Gasteiger partial charge in [-0.1, -0.05) is 24.3 Å². The number of aliphatic hydroxyl groups excluding tert-OH is 2. The van der Waals surface area contributed by atoms with Gasteiger partial charge in [0.15, 0.2) is 0 Å². The number of nitrogens with one attached hydrogen (secondary N) is 1. The van der Waals surface area contributed by atoms with E-state index in [9.17, 15) is 5.11 Å².